The Morgan fingerprint density at radius 1 is 1.12 bits per heavy atom. The van der Waals surface area contributed by atoms with Gasteiger partial charge in [-0.15, -0.1) is 0 Å². The molecule has 0 radical (unpaired) electrons. The number of aromatic nitrogens is 4. The van der Waals surface area contributed by atoms with Crippen LogP contribution in [0.4, 0.5) is 0 Å². The summed E-state index contributed by atoms with van der Waals surface area (Å²) in [6, 6.07) is 16.2. The Hall–Kier alpha value is -5.49. The average Bonchev–Trinajstić information content (AvgIpc) is 3.45. The smallest absolute Gasteiger partial charge is 0.264 e. The van der Waals surface area contributed by atoms with Crippen LogP contribution >= 0.6 is 0 Å². The van der Waals surface area contributed by atoms with Crippen LogP contribution in [0.2, 0.25) is 0 Å². The van der Waals surface area contributed by atoms with Crippen molar-refractivity contribution in [1.82, 2.24) is 29.6 Å². The van der Waals surface area contributed by atoms with Crippen molar-refractivity contribution in [2.24, 2.45) is 0 Å². The first-order chi connectivity index (χ1) is 19.9. The third-order valence-corrected chi connectivity index (χ3v) is 6.70. The first-order valence-electron chi connectivity index (χ1n) is 13.1. The van der Waals surface area contributed by atoms with E-state index in [4.69, 9.17) is 0 Å². The number of amides is 2. The molecule has 41 heavy (non-hydrogen) atoms. The molecule has 1 atom stereocenters. The van der Waals surface area contributed by atoms with E-state index in [1.54, 1.807) is 40.7 Å². The number of hydrogen-bond acceptors (Lipinski definition) is 5. The first-order valence-corrected chi connectivity index (χ1v) is 13.1. The number of aryl methyl sites for hydroxylation is 1. The summed E-state index contributed by atoms with van der Waals surface area (Å²) in [5.41, 5.74) is 3.05. The maximum Gasteiger partial charge on any atom is 0.264 e. The van der Waals surface area contributed by atoms with E-state index in [-0.39, 0.29) is 17.4 Å². The highest BCUT2D eigenvalue weighted by molar-refractivity contribution is 6.01. The Kier molecular flexibility index (Phi) is 7.74. The van der Waals surface area contributed by atoms with Crippen LogP contribution in [0.3, 0.4) is 0 Å². The molecule has 5 aromatic rings. The Balaban J connectivity index is 1.56. The summed E-state index contributed by atoms with van der Waals surface area (Å²) in [7, 11) is 0. The Morgan fingerprint density at radius 2 is 1.93 bits per heavy atom. The van der Waals surface area contributed by atoms with E-state index < -0.39 is 6.04 Å². The van der Waals surface area contributed by atoms with Crippen molar-refractivity contribution in [3.8, 4) is 17.5 Å². The number of rotatable bonds is 7. The van der Waals surface area contributed by atoms with Gasteiger partial charge in [-0.25, -0.2) is 9.97 Å². The van der Waals surface area contributed by atoms with Crippen molar-refractivity contribution in [3.05, 3.63) is 119 Å². The number of imidazole rings is 1. The van der Waals surface area contributed by atoms with E-state index >= 15 is 0 Å². The van der Waals surface area contributed by atoms with E-state index in [0.29, 0.717) is 57.6 Å². The summed E-state index contributed by atoms with van der Waals surface area (Å²) < 4.78 is 3.31. The van der Waals surface area contributed by atoms with Crippen LogP contribution in [-0.2, 0) is 4.79 Å². The highest BCUT2D eigenvalue weighted by atomic mass is 16.2. The second-order valence-electron chi connectivity index (χ2n) is 9.42. The zero-order valence-electron chi connectivity index (χ0n) is 22.7. The van der Waals surface area contributed by atoms with Crippen LogP contribution in [0.1, 0.15) is 46.7 Å². The number of nitrogens with one attached hydrogen (secondary N) is 2. The summed E-state index contributed by atoms with van der Waals surface area (Å²) in [6.07, 6.45) is 6.59. The van der Waals surface area contributed by atoms with Gasteiger partial charge in [0.15, 0.2) is 5.65 Å². The predicted octanol–water partition coefficient (Wildman–Crippen LogP) is 3.88. The standard InChI is InChI=1S/C32H28N6O3/c1-4-27(39)33-16-9-8-11-23-12-10-13-24-19-26(38(32(41)29(23)24)25-14-6-5-7-15-25)21(2)36-31(40)28-22(3)35-20-37-18-17-34-30(28)37/h4-7,10,12-15,17-21H,1,9,16H2,2-3H3,(H,33,39)(H,36,40)/t21-/m0/s1. The third-order valence-electron chi connectivity index (χ3n) is 6.70. The zero-order valence-corrected chi connectivity index (χ0v) is 22.7. The van der Waals surface area contributed by atoms with Gasteiger partial charge < -0.3 is 10.6 Å². The van der Waals surface area contributed by atoms with Gasteiger partial charge in [-0.1, -0.05) is 48.8 Å². The number of nitrogens with zero attached hydrogens (tertiary/aromatic N) is 4. The van der Waals surface area contributed by atoms with Gasteiger partial charge in [-0.2, -0.15) is 0 Å². The number of benzene rings is 2. The summed E-state index contributed by atoms with van der Waals surface area (Å²) >= 11 is 0. The number of carbonyl (C=O) groups excluding carboxylic acids is 2. The molecule has 2 aromatic carbocycles. The van der Waals surface area contributed by atoms with E-state index in [2.05, 4.69) is 39.0 Å². The lowest BCUT2D eigenvalue weighted by molar-refractivity contribution is -0.116. The fraction of sp³-hybridized carbons (Fsp3) is 0.156. The molecule has 0 spiro atoms. The molecule has 0 aliphatic rings. The second-order valence-corrected chi connectivity index (χ2v) is 9.42. The minimum atomic E-state index is -0.544. The number of fused-ring (bicyclic) bond motifs is 2. The molecule has 9 heteroatoms. The summed E-state index contributed by atoms with van der Waals surface area (Å²) in [5.74, 6) is 5.54. The molecule has 204 valence electrons. The molecule has 5 rings (SSSR count). The van der Waals surface area contributed by atoms with Gasteiger partial charge in [0.05, 0.1) is 17.1 Å². The third kappa shape index (κ3) is 5.49. The van der Waals surface area contributed by atoms with Crippen LogP contribution < -0.4 is 16.2 Å². The first kappa shape index (κ1) is 27.1. The number of carbonyl (C=O) groups is 2. The van der Waals surface area contributed by atoms with Gasteiger partial charge in [-0.3, -0.25) is 23.4 Å². The van der Waals surface area contributed by atoms with Crippen molar-refractivity contribution < 1.29 is 9.59 Å². The lowest BCUT2D eigenvalue weighted by Gasteiger charge is -2.21. The predicted molar refractivity (Wildman–Crippen MR) is 158 cm³/mol. The second kappa shape index (κ2) is 11.7. The molecular formula is C32H28N6O3. The van der Waals surface area contributed by atoms with E-state index in [9.17, 15) is 14.4 Å². The minimum absolute atomic E-state index is 0.247. The maximum atomic E-state index is 14.1. The van der Waals surface area contributed by atoms with Gasteiger partial charge in [-0.05, 0) is 49.6 Å². The highest BCUT2D eigenvalue weighted by Crippen LogP contribution is 2.24. The van der Waals surface area contributed by atoms with Crippen LogP contribution in [0.5, 0.6) is 0 Å². The van der Waals surface area contributed by atoms with Gasteiger partial charge in [0.2, 0.25) is 5.91 Å². The molecule has 3 heterocycles. The Bertz CT molecular complexity index is 1910. The average molecular weight is 545 g/mol. The highest BCUT2D eigenvalue weighted by Gasteiger charge is 2.22. The van der Waals surface area contributed by atoms with Crippen molar-refractivity contribution in [2.45, 2.75) is 26.3 Å². The van der Waals surface area contributed by atoms with Gasteiger partial charge >= 0.3 is 0 Å². The van der Waals surface area contributed by atoms with Crippen molar-refractivity contribution in [1.29, 1.82) is 0 Å². The minimum Gasteiger partial charge on any atom is -0.352 e. The summed E-state index contributed by atoms with van der Waals surface area (Å²) in [6.45, 7) is 7.41. The largest absolute Gasteiger partial charge is 0.352 e. The molecule has 9 nitrogen and oxygen atoms in total. The Morgan fingerprint density at radius 3 is 2.71 bits per heavy atom. The molecule has 2 amide bonds. The van der Waals surface area contributed by atoms with Crippen LogP contribution in [0.25, 0.3) is 22.1 Å². The van der Waals surface area contributed by atoms with Crippen molar-refractivity contribution >= 4 is 28.2 Å². The quantitative estimate of drug-likeness (QED) is 0.184. The normalized spacial score (nSPS) is 11.5. The lowest BCUT2D eigenvalue weighted by atomic mass is 10.0. The van der Waals surface area contributed by atoms with Gasteiger partial charge in [0.25, 0.3) is 11.5 Å². The molecule has 3 aromatic heterocycles. The van der Waals surface area contributed by atoms with E-state index in [1.807, 2.05) is 55.5 Å². The van der Waals surface area contributed by atoms with Crippen molar-refractivity contribution in [2.75, 3.05) is 6.54 Å². The maximum absolute atomic E-state index is 14.1. The van der Waals surface area contributed by atoms with Crippen LogP contribution in [0.15, 0.2) is 90.8 Å². The molecule has 0 saturated carbocycles. The molecule has 0 aliphatic carbocycles. The Labute approximate surface area is 236 Å². The molecule has 0 bridgehead atoms. The summed E-state index contributed by atoms with van der Waals surface area (Å²) in [5, 5.41) is 6.92. The molecule has 0 saturated heterocycles. The molecule has 0 fully saturated rings. The summed E-state index contributed by atoms with van der Waals surface area (Å²) in [4.78, 5) is 47.7. The van der Waals surface area contributed by atoms with Crippen LogP contribution in [0, 0.1) is 18.8 Å². The molecule has 2 N–H and O–H groups in total. The monoisotopic (exact) mass is 544 g/mol. The fourth-order valence-electron chi connectivity index (χ4n) is 4.71. The van der Waals surface area contributed by atoms with E-state index in [1.165, 1.54) is 6.08 Å². The molecular weight excluding hydrogens is 516 g/mol. The SMILES string of the molecule is C=CC(=O)NCCC#Cc1cccc2cc([C@H](C)NC(=O)c3c(C)ncn4ccnc34)n(-c3ccccc3)c(=O)c12. The number of pyridine rings is 1. The van der Waals surface area contributed by atoms with E-state index in [0.717, 1.165) is 0 Å². The van der Waals surface area contributed by atoms with Crippen molar-refractivity contribution in [3.63, 3.8) is 0 Å². The van der Waals surface area contributed by atoms with Gasteiger partial charge in [0.1, 0.15) is 11.9 Å². The van der Waals surface area contributed by atoms with Crippen LogP contribution in [-0.4, -0.2) is 37.3 Å². The fourth-order valence-corrected chi connectivity index (χ4v) is 4.71. The molecule has 0 aliphatic heterocycles. The number of para-hydroxylation sites is 1. The zero-order chi connectivity index (χ0) is 28.9. The topological polar surface area (TPSA) is 110 Å². The molecule has 0 unspecified atom stereocenters. The van der Waals surface area contributed by atoms with Gasteiger partial charge in [0, 0.05) is 42.3 Å². The number of hydrogen-bond donors (Lipinski definition) is 2. The lowest BCUT2D eigenvalue weighted by Crippen LogP contribution is -2.33.